The number of allylic oxidation sites excluding steroid dienone is 6. The molecule has 0 aromatic heterocycles. The summed E-state index contributed by atoms with van der Waals surface area (Å²) in [6.45, 7) is 16.8. The summed E-state index contributed by atoms with van der Waals surface area (Å²) in [6.07, 6.45) is 12.0. The first kappa shape index (κ1) is 33.0. The van der Waals surface area contributed by atoms with Gasteiger partial charge >= 0.3 is 0 Å². The van der Waals surface area contributed by atoms with E-state index in [9.17, 15) is 0 Å². The lowest BCUT2D eigenvalue weighted by molar-refractivity contribution is 0.718. The van der Waals surface area contributed by atoms with Crippen molar-refractivity contribution in [3.05, 3.63) is 57.3 Å². The zero-order valence-electron chi connectivity index (χ0n) is 23.7. The van der Waals surface area contributed by atoms with Gasteiger partial charge < -0.3 is 28.0 Å². The maximum Gasteiger partial charge on any atom is 0.0443 e. The second-order valence-electron chi connectivity index (χ2n) is 9.69. The first-order chi connectivity index (χ1) is 17.0. The number of nitrogens with zero attached hydrogens (tertiary/aromatic N) is 1. The molecule has 6 heteroatoms. The van der Waals surface area contributed by atoms with E-state index in [1.54, 1.807) is 0 Å². The summed E-state index contributed by atoms with van der Waals surface area (Å²) in [5.74, 6) is 0. The number of nitrogen functional groups attached to an aromatic ring is 1. The van der Waals surface area contributed by atoms with Crippen LogP contribution in [-0.4, -0.2) is 31.2 Å². The van der Waals surface area contributed by atoms with Gasteiger partial charge in [-0.05, 0) is 106 Å². The van der Waals surface area contributed by atoms with Crippen LogP contribution in [0.3, 0.4) is 0 Å². The summed E-state index contributed by atoms with van der Waals surface area (Å²) in [7, 11) is 0. The van der Waals surface area contributed by atoms with Crippen molar-refractivity contribution in [1.29, 1.82) is 10.8 Å². The SMILES string of the molecule is C=N.CC(C)N.CCC/C=C(C1=C(c2c(C)ccc(N)c2C=N)CCCC1)\C(C=NC(C)C)=C(/C)N. The molecule has 36 heavy (non-hydrogen) atoms. The maximum absolute atomic E-state index is 8.00. The Bertz CT molecular complexity index is 957. The van der Waals surface area contributed by atoms with Crippen molar-refractivity contribution < 1.29 is 0 Å². The number of hydrogen-bond acceptors (Lipinski definition) is 6. The number of rotatable bonds is 8. The van der Waals surface area contributed by atoms with Crippen LogP contribution in [0.2, 0.25) is 0 Å². The third-order valence-corrected chi connectivity index (χ3v) is 5.58. The van der Waals surface area contributed by atoms with Crippen LogP contribution in [0.5, 0.6) is 0 Å². The molecule has 0 atom stereocenters. The van der Waals surface area contributed by atoms with Crippen LogP contribution in [0, 0.1) is 17.7 Å². The third kappa shape index (κ3) is 10.3. The highest BCUT2D eigenvalue weighted by molar-refractivity contribution is 5.97. The lowest BCUT2D eigenvalue weighted by atomic mass is 9.78. The second kappa shape index (κ2) is 17.4. The number of benzene rings is 1. The van der Waals surface area contributed by atoms with Gasteiger partial charge in [0.15, 0.2) is 0 Å². The highest BCUT2D eigenvalue weighted by Crippen LogP contribution is 2.41. The normalized spacial score (nSPS) is 14.8. The van der Waals surface area contributed by atoms with Crippen molar-refractivity contribution in [3.63, 3.8) is 0 Å². The van der Waals surface area contributed by atoms with Crippen molar-refractivity contribution in [2.45, 2.75) is 99.1 Å². The molecule has 0 heterocycles. The molecule has 1 aliphatic carbocycles. The molecule has 0 aliphatic heterocycles. The van der Waals surface area contributed by atoms with Crippen LogP contribution in [0.15, 0.2) is 45.6 Å². The largest absolute Gasteiger partial charge is 0.402 e. The van der Waals surface area contributed by atoms with Crippen LogP contribution in [0.1, 0.15) is 96.8 Å². The molecule has 0 fully saturated rings. The summed E-state index contributed by atoms with van der Waals surface area (Å²) < 4.78 is 0. The van der Waals surface area contributed by atoms with Crippen LogP contribution >= 0.6 is 0 Å². The Kier molecular flexibility index (Phi) is 16.0. The summed E-state index contributed by atoms with van der Waals surface area (Å²) >= 11 is 0. The molecule has 0 unspecified atom stereocenters. The van der Waals surface area contributed by atoms with Crippen molar-refractivity contribution in [2.75, 3.05) is 5.73 Å². The first-order valence-electron chi connectivity index (χ1n) is 13.0. The van der Waals surface area contributed by atoms with Crippen LogP contribution in [0.4, 0.5) is 5.69 Å². The van der Waals surface area contributed by atoms with Gasteiger partial charge in [0, 0.05) is 41.0 Å². The molecule has 0 radical (unpaired) electrons. The highest BCUT2D eigenvalue weighted by atomic mass is 14.7. The topological polar surface area (TPSA) is 138 Å². The first-order valence-corrected chi connectivity index (χ1v) is 13.0. The fraction of sp³-hybridized carbons (Fsp3) is 0.500. The number of nitrogens with two attached hydrogens (primary N) is 3. The minimum Gasteiger partial charge on any atom is -0.402 e. The fourth-order valence-corrected chi connectivity index (χ4v) is 4.07. The Morgan fingerprint density at radius 3 is 2.22 bits per heavy atom. The molecule has 0 bridgehead atoms. The molecule has 200 valence electrons. The zero-order chi connectivity index (χ0) is 27.8. The molecule has 0 saturated carbocycles. The van der Waals surface area contributed by atoms with E-state index in [2.05, 4.69) is 51.5 Å². The second-order valence-corrected chi connectivity index (χ2v) is 9.69. The van der Waals surface area contributed by atoms with E-state index in [4.69, 9.17) is 28.0 Å². The van der Waals surface area contributed by atoms with Crippen LogP contribution in [0.25, 0.3) is 5.57 Å². The van der Waals surface area contributed by atoms with Crippen molar-refractivity contribution in [2.24, 2.45) is 16.5 Å². The fourth-order valence-electron chi connectivity index (χ4n) is 4.07. The van der Waals surface area contributed by atoms with E-state index < -0.39 is 0 Å². The third-order valence-electron chi connectivity index (χ3n) is 5.58. The Balaban J connectivity index is 0.00000185. The summed E-state index contributed by atoms with van der Waals surface area (Å²) in [5.41, 5.74) is 27.2. The minimum atomic E-state index is 0.215. The Morgan fingerprint density at radius 2 is 1.72 bits per heavy atom. The van der Waals surface area contributed by atoms with Crippen LogP contribution in [-0.2, 0) is 0 Å². The van der Waals surface area contributed by atoms with Gasteiger partial charge in [0.1, 0.15) is 0 Å². The van der Waals surface area contributed by atoms with E-state index in [0.29, 0.717) is 11.7 Å². The number of unbranched alkanes of at least 4 members (excludes halogenated alkanes) is 1. The molecule has 2 rings (SSSR count). The van der Waals surface area contributed by atoms with Crippen molar-refractivity contribution in [1.82, 2.24) is 0 Å². The molecule has 0 spiro atoms. The lowest BCUT2D eigenvalue weighted by Crippen LogP contribution is -2.12. The van der Waals surface area contributed by atoms with Gasteiger partial charge in [-0.2, -0.15) is 0 Å². The van der Waals surface area contributed by atoms with E-state index in [-0.39, 0.29) is 6.04 Å². The van der Waals surface area contributed by atoms with E-state index >= 15 is 0 Å². The van der Waals surface area contributed by atoms with Crippen LogP contribution < -0.4 is 17.2 Å². The quantitative estimate of drug-likeness (QED) is 0.152. The highest BCUT2D eigenvalue weighted by Gasteiger charge is 2.23. The van der Waals surface area contributed by atoms with Gasteiger partial charge in [0.05, 0.1) is 0 Å². The standard InChI is InChI=1S/C26H38N4.C3H9N.CH3N/c1-6-7-10-21(24(19(5)28)16-30-17(2)3)20-11-8-9-12-22(20)26-18(4)13-14-25(29)23(26)15-27;1-3(2)4;1-2/h10,13-17,27H,6-9,11-12,28-29H2,1-5H3;3H,4H2,1-2H3;2H,1H2/b21-10-,24-19+,27-15?,30-16?;;. The average molecular weight is 495 g/mol. The number of aryl methyl sites for hydroxylation is 1. The Morgan fingerprint density at radius 1 is 1.14 bits per heavy atom. The number of hydrogen-bond donors (Lipinski definition) is 5. The predicted octanol–water partition coefficient (Wildman–Crippen LogP) is 6.96. The van der Waals surface area contributed by atoms with Gasteiger partial charge in [-0.3, -0.25) is 4.99 Å². The van der Waals surface area contributed by atoms with Crippen molar-refractivity contribution >= 4 is 30.4 Å². The average Bonchev–Trinajstić information content (AvgIpc) is 2.83. The van der Waals surface area contributed by atoms with Gasteiger partial charge in [-0.25, -0.2) is 0 Å². The molecule has 0 amide bonds. The lowest BCUT2D eigenvalue weighted by Gasteiger charge is -2.27. The molecule has 8 N–H and O–H groups in total. The molecule has 0 saturated heterocycles. The smallest absolute Gasteiger partial charge is 0.0443 e. The molecular formula is C30H50N6. The summed E-state index contributed by atoms with van der Waals surface area (Å²) in [6, 6.07) is 4.52. The molecule has 6 nitrogen and oxygen atoms in total. The molecular weight excluding hydrogens is 444 g/mol. The number of nitrogens with one attached hydrogen (secondary N) is 2. The molecule has 1 aromatic rings. The Hall–Kier alpha value is -2.99. The van der Waals surface area contributed by atoms with E-state index in [1.807, 2.05) is 33.1 Å². The van der Waals surface area contributed by atoms with Crippen molar-refractivity contribution in [3.8, 4) is 0 Å². The number of anilines is 1. The molecule has 1 aliphatic rings. The van der Waals surface area contributed by atoms with Gasteiger partial charge in [0.25, 0.3) is 0 Å². The van der Waals surface area contributed by atoms with Gasteiger partial charge in [0.2, 0.25) is 0 Å². The summed E-state index contributed by atoms with van der Waals surface area (Å²) in [4.78, 5) is 4.65. The van der Waals surface area contributed by atoms with Gasteiger partial charge in [-0.1, -0.05) is 39.3 Å². The predicted molar refractivity (Wildman–Crippen MR) is 162 cm³/mol. The maximum atomic E-state index is 8.00. The Labute approximate surface area is 219 Å². The summed E-state index contributed by atoms with van der Waals surface area (Å²) in [5, 5.41) is 13.5. The number of aliphatic imine (C=N–C) groups is 1. The monoisotopic (exact) mass is 494 g/mol. The van der Waals surface area contributed by atoms with Gasteiger partial charge in [-0.15, -0.1) is 0 Å². The zero-order valence-corrected chi connectivity index (χ0v) is 23.7. The van der Waals surface area contributed by atoms with E-state index in [1.165, 1.54) is 22.9 Å². The minimum absolute atomic E-state index is 0.215. The molecule has 1 aromatic carbocycles. The van der Waals surface area contributed by atoms with E-state index in [0.717, 1.165) is 66.5 Å².